The molecule has 0 N–H and O–H groups in total. The van der Waals surface area contributed by atoms with Gasteiger partial charge in [-0.1, -0.05) is 157 Å². The third kappa shape index (κ3) is 6.95. The fourth-order valence-electron chi connectivity index (χ4n) is 7.91. The van der Waals surface area contributed by atoms with Gasteiger partial charge in [-0.2, -0.15) is 0 Å². The highest BCUT2D eigenvalue weighted by atomic mass is 15.1. The molecule has 0 atom stereocenters. The van der Waals surface area contributed by atoms with E-state index in [2.05, 4.69) is 216 Å². The summed E-state index contributed by atoms with van der Waals surface area (Å²) in [4.78, 5) is 4.73. The van der Waals surface area contributed by atoms with Gasteiger partial charge in [-0.25, -0.2) is 0 Å². The maximum Gasteiger partial charge on any atom is 0.0540 e. The Morgan fingerprint density at radius 2 is 0.630 bits per heavy atom. The maximum absolute atomic E-state index is 2.41. The van der Waals surface area contributed by atoms with Gasteiger partial charge >= 0.3 is 0 Å². The minimum absolute atomic E-state index is 1.10. The SMILES string of the molecule is C(=C1CCC(=Cc2ccc(N(c3ccccc3)c3cccc4ccccc34)cc2)CC1)c1ccc(N(c2ccccc2)c2cccc3ccccc23)cc1. The molecule has 0 bridgehead atoms. The summed E-state index contributed by atoms with van der Waals surface area (Å²) in [7, 11) is 0. The Morgan fingerprint density at radius 3 is 1.04 bits per heavy atom. The highest BCUT2D eigenvalue weighted by molar-refractivity contribution is 6.00. The number of rotatable bonds is 8. The van der Waals surface area contributed by atoms with Crippen LogP contribution < -0.4 is 9.80 Å². The second-order valence-electron chi connectivity index (χ2n) is 14.1. The molecule has 0 spiro atoms. The average Bonchev–Trinajstić information content (AvgIpc) is 3.24. The van der Waals surface area contributed by atoms with E-state index in [0.717, 1.165) is 48.4 Å². The van der Waals surface area contributed by atoms with Gasteiger partial charge in [0.05, 0.1) is 11.4 Å². The molecule has 9 rings (SSSR count). The van der Waals surface area contributed by atoms with Crippen LogP contribution >= 0.6 is 0 Å². The Kier molecular flexibility index (Phi) is 9.32. The van der Waals surface area contributed by atoms with Crippen LogP contribution in [-0.2, 0) is 0 Å². The molecule has 0 saturated heterocycles. The maximum atomic E-state index is 2.41. The summed E-state index contributed by atoms with van der Waals surface area (Å²) in [6.45, 7) is 0. The molecule has 260 valence electrons. The molecule has 2 heteroatoms. The molecule has 0 unspecified atom stereocenters. The topological polar surface area (TPSA) is 6.48 Å². The lowest BCUT2D eigenvalue weighted by atomic mass is 9.88. The van der Waals surface area contributed by atoms with Gasteiger partial charge in [0.15, 0.2) is 0 Å². The van der Waals surface area contributed by atoms with Gasteiger partial charge in [0.25, 0.3) is 0 Å². The smallest absolute Gasteiger partial charge is 0.0540 e. The van der Waals surface area contributed by atoms with Gasteiger partial charge in [0.1, 0.15) is 0 Å². The van der Waals surface area contributed by atoms with Gasteiger partial charge < -0.3 is 9.80 Å². The number of benzene rings is 8. The second kappa shape index (κ2) is 15.1. The van der Waals surface area contributed by atoms with Gasteiger partial charge in [0, 0.05) is 33.5 Å². The predicted molar refractivity (Wildman–Crippen MR) is 232 cm³/mol. The van der Waals surface area contributed by atoms with Crippen molar-refractivity contribution in [3.05, 3.63) is 216 Å². The fraction of sp³-hybridized carbons (Fsp3) is 0.0769. The van der Waals surface area contributed by atoms with Crippen LogP contribution in [0.5, 0.6) is 0 Å². The molecule has 1 aliphatic rings. The highest BCUT2D eigenvalue weighted by Gasteiger charge is 2.17. The van der Waals surface area contributed by atoms with E-state index in [4.69, 9.17) is 0 Å². The van der Waals surface area contributed by atoms with Crippen LogP contribution in [0.25, 0.3) is 33.7 Å². The quantitative estimate of drug-likeness (QED) is 0.156. The molecule has 1 aliphatic carbocycles. The Bertz CT molecular complexity index is 2380. The largest absolute Gasteiger partial charge is 0.310 e. The van der Waals surface area contributed by atoms with Gasteiger partial charge in [-0.3, -0.25) is 0 Å². The molecule has 0 aliphatic heterocycles. The third-order valence-corrected chi connectivity index (χ3v) is 10.6. The van der Waals surface area contributed by atoms with E-state index in [1.54, 1.807) is 0 Å². The molecule has 1 fully saturated rings. The molecule has 8 aromatic carbocycles. The van der Waals surface area contributed by atoms with Crippen LogP contribution in [0.2, 0.25) is 0 Å². The molecule has 2 nitrogen and oxygen atoms in total. The first-order chi connectivity index (χ1) is 26.8. The van der Waals surface area contributed by atoms with E-state index in [-0.39, 0.29) is 0 Å². The van der Waals surface area contributed by atoms with Crippen molar-refractivity contribution in [3.63, 3.8) is 0 Å². The molecule has 8 aromatic rings. The molecular weight excluding hydrogens is 653 g/mol. The van der Waals surface area contributed by atoms with E-state index in [1.807, 2.05) is 0 Å². The summed E-state index contributed by atoms with van der Waals surface area (Å²) >= 11 is 0. The second-order valence-corrected chi connectivity index (χ2v) is 14.1. The zero-order valence-electron chi connectivity index (χ0n) is 30.4. The zero-order valence-corrected chi connectivity index (χ0v) is 30.4. The number of hydrogen-bond acceptors (Lipinski definition) is 2. The number of allylic oxidation sites excluding steroid dienone is 2. The Morgan fingerprint density at radius 1 is 0.296 bits per heavy atom. The van der Waals surface area contributed by atoms with Crippen molar-refractivity contribution < 1.29 is 0 Å². The molecule has 0 heterocycles. The van der Waals surface area contributed by atoms with Crippen LogP contribution in [0.1, 0.15) is 36.8 Å². The number of fused-ring (bicyclic) bond motifs is 2. The van der Waals surface area contributed by atoms with E-state index < -0.39 is 0 Å². The van der Waals surface area contributed by atoms with Crippen LogP contribution in [-0.4, -0.2) is 0 Å². The van der Waals surface area contributed by atoms with Crippen molar-refractivity contribution in [1.82, 2.24) is 0 Å². The fourth-order valence-corrected chi connectivity index (χ4v) is 7.91. The first kappa shape index (κ1) is 33.2. The van der Waals surface area contributed by atoms with E-state index in [9.17, 15) is 0 Å². The minimum atomic E-state index is 1.10. The molecule has 0 aromatic heterocycles. The number of hydrogen-bond donors (Lipinski definition) is 0. The summed E-state index contributed by atoms with van der Waals surface area (Å²) in [5.74, 6) is 0. The van der Waals surface area contributed by atoms with Crippen molar-refractivity contribution in [2.75, 3.05) is 9.80 Å². The van der Waals surface area contributed by atoms with Crippen LogP contribution in [0.4, 0.5) is 34.1 Å². The molecule has 0 amide bonds. The molecular formula is C52H42N2. The van der Waals surface area contributed by atoms with Gasteiger partial charge in [-0.05, 0) is 108 Å². The lowest BCUT2D eigenvalue weighted by Gasteiger charge is -2.27. The van der Waals surface area contributed by atoms with Gasteiger partial charge in [0.2, 0.25) is 0 Å². The van der Waals surface area contributed by atoms with E-state index in [0.29, 0.717) is 0 Å². The van der Waals surface area contributed by atoms with Gasteiger partial charge in [-0.15, -0.1) is 0 Å². The zero-order chi connectivity index (χ0) is 36.1. The normalized spacial score (nSPS) is 12.8. The van der Waals surface area contributed by atoms with Crippen molar-refractivity contribution in [2.24, 2.45) is 0 Å². The molecule has 1 saturated carbocycles. The standard InChI is InChI=1S/C52H42N2/c1-3-17-45(18-4-1)53(51-23-11-15-43-13-7-9-21-49(43)51)47-33-29-41(30-34-47)37-39-25-27-40(28-26-39)38-42-31-35-48(36-32-42)54(46-19-5-2-6-20-46)52-24-12-16-44-14-8-10-22-50(44)52/h1-24,29-38H,25-28H2. The summed E-state index contributed by atoms with van der Waals surface area (Å²) in [6.07, 6.45) is 9.21. The van der Waals surface area contributed by atoms with Crippen LogP contribution in [0.3, 0.4) is 0 Å². The summed E-state index contributed by atoms with van der Waals surface area (Å²) < 4.78 is 0. The summed E-state index contributed by atoms with van der Waals surface area (Å²) in [6, 6.07) is 69.9. The number of para-hydroxylation sites is 2. The minimum Gasteiger partial charge on any atom is -0.310 e. The lowest BCUT2D eigenvalue weighted by molar-refractivity contribution is 0.739. The molecule has 54 heavy (non-hydrogen) atoms. The van der Waals surface area contributed by atoms with Crippen LogP contribution in [0, 0.1) is 0 Å². The predicted octanol–water partition coefficient (Wildman–Crippen LogP) is 15.0. The summed E-state index contributed by atoms with van der Waals surface area (Å²) in [5, 5.41) is 4.97. The monoisotopic (exact) mass is 694 g/mol. The first-order valence-corrected chi connectivity index (χ1v) is 19.0. The van der Waals surface area contributed by atoms with Crippen molar-refractivity contribution in [3.8, 4) is 0 Å². The highest BCUT2D eigenvalue weighted by Crippen LogP contribution is 2.41. The van der Waals surface area contributed by atoms with Crippen molar-refractivity contribution in [2.45, 2.75) is 25.7 Å². The van der Waals surface area contributed by atoms with E-state index >= 15 is 0 Å². The molecule has 0 radical (unpaired) electrons. The van der Waals surface area contributed by atoms with E-state index in [1.165, 1.54) is 55.2 Å². The van der Waals surface area contributed by atoms with Crippen molar-refractivity contribution >= 4 is 67.8 Å². The summed E-state index contributed by atoms with van der Waals surface area (Å²) in [5.41, 5.74) is 12.6. The number of anilines is 6. The third-order valence-electron chi connectivity index (χ3n) is 10.6. The first-order valence-electron chi connectivity index (χ1n) is 19.0. The van der Waals surface area contributed by atoms with Crippen LogP contribution in [0.15, 0.2) is 205 Å². The lowest BCUT2D eigenvalue weighted by Crippen LogP contribution is -2.10. The Labute approximate surface area is 318 Å². The average molecular weight is 695 g/mol. The van der Waals surface area contributed by atoms with Crippen molar-refractivity contribution in [1.29, 1.82) is 0 Å². The Hall–Kier alpha value is -6.64. The Balaban J connectivity index is 0.914. The number of nitrogens with zero attached hydrogens (tertiary/aromatic N) is 2.